The standard InChI is InChI=1S/C17H20N8O3/c1-10(2)9-28-13-7-5-4-6-12(13)19-16-18-8-11(15(21-16)27-3)14(26)20-17-22-24-25-23-17/h4-8,10H,9H2,1-3H3,(H,18,19,21)(H2,20,22,23,24,25,26). The molecule has 28 heavy (non-hydrogen) atoms. The number of nitrogens with one attached hydrogen (secondary N) is 3. The monoisotopic (exact) mass is 384 g/mol. The van der Waals surface area contributed by atoms with Crippen LogP contribution in [0, 0.1) is 5.92 Å². The van der Waals surface area contributed by atoms with Crippen molar-refractivity contribution >= 4 is 23.5 Å². The van der Waals surface area contributed by atoms with E-state index < -0.39 is 5.91 Å². The number of tetrazole rings is 1. The number of aromatic nitrogens is 6. The van der Waals surface area contributed by atoms with Crippen molar-refractivity contribution < 1.29 is 14.3 Å². The van der Waals surface area contributed by atoms with Gasteiger partial charge in [-0.05, 0) is 23.3 Å². The maximum absolute atomic E-state index is 12.3. The molecule has 2 heterocycles. The summed E-state index contributed by atoms with van der Waals surface area (Å²) >= 11 is 0. The van der Waals surface area contributed by atoms with E-state index in [-0.39, 0.29) is 23.3 Å². The SMILES string of the molecule is COc1nc(Nc2ccccc2OCC(C)C)ncc1C(=O)Nc1nn[nH]n1. The van der Waals surface area contributed by atoms with E-state index in [1.54, 1.807) is 0 Å². The molecule has 0 fully saturated rings. The van der Waals surface area contributed by atoms with Gasteiger partial charge >= 0.3 is 0 Å². The summed E-state index contributed by atoms with van der Waals surface area (Å²) in [6, 6.07) is 7.46. The van der Waals surface area contributed by atoms with Crippen LogP contribution in [0.4, 0.5) is 17.6 Å². The number of anilines is 3. The summed E-state index contributed by atoms with van der Waals surface area (Å²) in [6.45, 7) is 4.72. The number of carbonyl (C=O) groups excluding carboxylic acids is 1. The van der Waals surface area contributed by atoms with E-state index in [0.717, 1.165) is 0 Å². The number of H-pyrrole nitrogens is 1. The van der Waals surface area contributed by atoms with E-state index in [2.05, 4.69) is 55.1 Å². The van der Waals surface area contributed by atoms with E-state index in [4.69, 9.17) is 9.47 Å². The molecule has 3 aromatic rings. The van der Waals surface area contributed by atoms with Gasteiger partial charge in [-0.1, -0.05) is 31.1 Å². The molecule has 0 spiro atoms. The Morgan fingerprint density at radius 1 is 1.25 bits per heavy atom. The predicted molar refractivity (Wildman–Crippen MR) is 101 cm³/mol. The van der Waals surface area contributed by atoms with Crippen LogP contribution in [-0.2, 0) is 0 Å². The average molecular weight is 384 g/mol. The minimum absolute atomic E-state index is 0.0329. The zero-order chi connectivity index (χ0) is 19.9. The van der Waals surface area contributed by atoms with Gasteiger partial charge in [-0.3, -0.25) is 10.1 Å². The third-order valence-corrected chi connectivity index (χ3v) is 3.47. The van der Waals surface area contributed by atoms with Crippen LogP contribution in [0.2, 0.25) is 0 Å². The summed E-state index contributed by atoms with van der Waals surface area (Å²) in [5.74, 6) is 0.933. The Labute approximate surface area is 160 Å². The zero-order valence-corrected chi connectivity index (χ0v) is 15.6. The van der Waals surface area contributed by atoms with Crippen molar-refractivity contribution in [3.63, 3.8) is 0 Å². The Morgan fingerprint density at radius 3 is 2.79 bits per heavy atom. The highest BCUT2D eigenvalue weighted by Crippen LogP contribution is 2.27. The number of nitrogens with zero attached hydrogens (tertiary/aromatic N) is 5. The first-order valence-corrected chi connectivity index (χ1v) is 8.51. The first-order chi connectivity index (χ1) is 13.6. The van der Waals surface area contributed by atoms with Crippen LogP contribution >= 0.6 is 0 Å². The maximum atomic E-state index is 12.3. The molecule has 1 amide bonds. The van der Waals surface area contributed by atoms with Crippen molar-refractivity contribution in [2.45, 2.75) is 13.8 Å². The normalized spacial score (nSPS) is 10.6. The fourth-order valence-electron chi connectivity index (χ4n) is 2.19. The zero-order valence-electron chi connectivity index (χ0n) is 15.6. The summed E-state index contributed by atoms with van der Waals surface area (Å²) in [7, 11) is 1.41. The van der Waals surface area contributed by atoms with E-state index >= 15 is 0 Å². The quantitative estimate of drug-likeness (QED) is 0.532. The molecule has 3 N–H and O–H groups in total. The number of aromatic amines is 1. The Morgan fingerprint density at radius 2 is 2.07 bits per heavy atom. The fraction of sp³-hybridized carbons (Fsp3) is 0.294. The van der Waals surface area contributed by atoms with Gasteiger partial charge in [-0.25, -0.2) is 4.98 Å². The van der Waals surface area contributed by atoms with Gasteiger partial charge in [0.15, 0.2) is 0 Å². The van der Waals surface area contributed by atoms with Gasteiger partial charge in [-0.15, -0.1) is 5.10 Å². The lowest BCUT2D eigenvalue weighted by Gasteiger charge is -2.14. The lowest BCUT2D eigenvalue weighted by Crippen LogP contribution is -2.16. The lowest BCUT2D eigenvalue weighted by molar-refractivity contribution is 0.102. The Kier molecular flexibility index (Phi) is 5.94. The lowest BCUT2D eigenvalue weighted by atomic mass is 10.2. The van der Waals surface area contributed by atoms with Crippen LogP contribution in [-0.4, -0.2) is 50.2 Å². The maximum Gasteiger partial charge on any atom is 0.270 e. The molecule has 0 aliphatic heterocycles. The van der Waals surface area contributed by atoms with Gasteiger partial charge in [0.25, 0.3) is 11.9 Å². The van der Waals surface area contributed by atoms with Crippen molar-refractivity contribution in [2.24, 2.45) is 5.92 Å². The van der Waals surface area contributed by atoms with Gasteiger partial charge in [0, 0.05) is 6.20 Å². The van der Waals surface area contributed by atoms with Crippen LogP contribution < -0.4 is 20.1 Å². The van der Waals surface area contributed by atoms with Gasteiger partial charge in [-0.2, -0.15) is 10.2 Å². The number of rotatable bonds is 8. The Balaban J connectivity index is 1.78. The highest BCUT2D eigenvalue weighted by molar-refractivity contribution is 6.04. The minimum Gasteiger partial charge on any atom is -0.491 e. The van der Waals surface area contributed by atoms with Gasteiger partial charge in [0.2, 0.25) is 11.8 Å². The molecule has 2 aromatic heterocycles. The number of hydrogen-bond donors (Lipinski definition) is 3. The summed E-state index contributed by atoms with van der Waals surface area (Å²) in [5, 5.41) is 18.5. The van der Waals surface area contributed by atoms with Crippen molar-refractivity contribution in [1.82, 2.24) is 30.6 Å². The number of para-hydroxylation sites is 2. The first-order valence-electron chi connectivity index (χ1n) is 8.51. The third kappa shape index (κ3) is 4.69. The van der Waals surface area contributed by atoms with Crippen molar-refractivity contribution in [2.75, 3.05) is 24.4 Å². The molecule has 0 saturated heterocycles. The first kappa shape index (κ1) is 19.0. The molecule has 146 valence electrons. The molecule has 0 unspecified atom stereocenters. The summed E-state index contributed by atoms with van der Waals surface area (Å²) in [4.78, 5) is 20.8. The van der Waals surface area contributed by atoms with Crippen LogP contribution in [0.3, 0.4) is 0 Å². The minimum atomic E-state index is -0.523. The third-order valence-electron chi connectivity index (χ3n) is 3.47. The van der Waals surface area contributed by atoms with E-state index in [1.807, 2.05) is 24.3 Å². The summed E-state index contributed by atoms with van der Waals surface area (Å²) in [5.41, 5.74) is 0.830. The molecule has 0 aliphatic rings. The van der Waals surface area contributed by atoms with Crippen LogP contribution in [0.5, 0.6) is 11.6 Å². The number of hydrogen-bond acceptors (Lipinski definition) is 9. The van der Waals surface area contributed by atoms with Crippen LogP contribution in [0.25, 0.3) is 0 Å². The predicted octanol–water partition coefficient (Wildman–Crippen LogP) is 2.03. The number of amides is 1. The Hall–Kier alpha value is -3.76. The molecule has 11 nitrogen and oxygen atoms in total. The van der Waals surface area contributed by atoms with Gasteiger partial charge in [0.1, 0.15) is 11.3 Å². The molecule has 3 rings (SSSR count). The van der Waals surface area contributed by atoms with E-state index in [9.17, 15) is 4.79 Å². The summed E-state index contributed by atoms with van der Waals surface area (Å²) in [6.07, 6.45) is 1.35. The second-order valence-electron chi connectivity index (χ2n) is 6.13. The number of methoxy groups -OCH3 is 1. The van der Waals surface area contributed by atoms with Crippen molar-refractivity contribution in [1.29, 1.82) is 0 Å². The van der Waals surface area contributed by atoms with Gasteiger partial charge < -0.3 is 14.8 Å². The number of ether oxygens (including phenoxy) is 2. The molecule has 0 atom stereocenters. The fourth-order valence-corrected chi connectivity index (χ4v) is 2.19. The van der Waals surface area contributed by atoms with E-state index in [1.165, 1.54) is 13.3 Å². The highest BCUT2D eigenvalue weighted by Gasteiger charge is 2.18. The molecule has 1 aromatic carbocycles. The second-order valence-corrected chi connectivity index (χ2v) is 6.13. The Bertz CT molecular complexity index is 930. The molecule has 0 radical (unpaired) electrons. The topological polar surface area (TPSA) is 140 Å². The molecule has 0 saturated carbocycles. The van der Waals surface area contributed by atoms with Gasteiger partial charge in [0.05, 0.1) is 19.4 Å². The molecule has 0 aliphatic carbocycles. The largest absolute Gasteiger partial charge is 0.491 e. The highest BCUT2D eigenvalue weighted by atomic mass is 16.5. The second kappa shape index (κ2) is 8.75. The smallest absolute Gasteiger partial charge is 0.270 e. The summed E-state index contributed by atoms with van der Waals surface area (Å²) < 4.78 is 11.0. The molecular formula is C17H20N8O3. The molecule has 0 bridgehead atoms. The molecule has 11 heteroatoms. The average Bonchev–Trinajstić information content (AvgIpc) is 3.20. The van der Waals surface area contributed by atoms with Crippen molar-refractivity contribution in [3.05, 3.63) is 36.0 Å². The van der Waals surface area contributed by atoms with Crippen LogP contribution in [0.15, 0.2) is 30.5 Å². The number of carbonyl (C=O) groups is 1. The number of benzene rings is 1. The molecular weight excluding hydrogens is 364 g/mol. The van der Waals surface area contributed by atoms with Crippen LogP contribution in [0.1, 0.15) is 24.2 Å². The van der Waals surface area contributed by atoms with E-state index in [0.29, 0.717) is 24.0 Å². The van der Waals surface area contributed by atoms with Crippen molar-refractivity contribution in [3.8, 4) is 11.6 Å².